The molecule has 0 spiro atoms. The molecular formula is C17H13NO4. The summed E-state index contributed by atoms with van der Waals surface area (Å²) in [5.41, 5.74) is -0.133. The predicted octanol–water partition coefficient (Wildman–Crippen LogP) is 2.28. The van der Waals surface area contributed by atoms with E-state index in [-0.39, 0.29) is 5.56 Å². The first kappa shape index (κ1) is 13.9. The number of methoxy groups -OCH3 is 1. The number of hydrogen-bond acceptors (Lipinski definition) is 4. The summed E-state index contributed by atoms with van der Waals surface area (Å²) in [6, 6.07) is 15.5. The SMILES string of the molecule is COc1ccc2ccccc2c1C(=O)On1ccccc1=O. The Kier molecular flexibility index (Phi) is 3.62. The second-order valence-electron chi connectivity index (χ2n) is 4.61. The number of carbonyl (C=O) groups excluding carboxylic acids is 1. The summed E-state index contributed by atoms with van der Waals surface area (Å²) >= 11 is 0. The van der Waals surface area contributed by atoms with Crippen LogP contribution in [0.15, 0.2) is 65.6 Å². The molecule has 0 amide bonds. The number of benzene rings is 2. The monoisotopic (exact) mass is 295 g/mol. The highest BCUT2D eigenvalue weighted by Gasteiger charge is 2.19. The van der Waals surface area contributed by atoms with Gasteiger partial charge in [0.05, 0.1) is 7.11 Å². The first-order valence-electron chi connectivity index (χ1n) is 6.67. The second kappa shape index (κ2) is 5.73. The number of fused-ring (bicyclic) bond motifs is 1. The molecular weight excluding hydrogens is 282 g/mol. The summed E-state index contributed by atoms with van der Waals surface area (Å²) < 4.78 is 6.15. The highest BCUT2D eigenvalue weighted by molar-refractivity contribution is 6.07. The van der Waals surface area contributed by atoms with Gasteiger partial charge in [0.15, 0.2) is 0 Å². The van der Waals surface area contributed by atoms with Gasteiger partial charge in [-0.05, 0) is 17.5 Å². The van der Waals surface area contributed by atoms with E-state index in [4.69, 9.17) is 9.57 Å². The molecule has 110 valence electrons. The third-order valence-corrected chi connectivity index (χ3v) is 3.28. The molecule has 5 heteroatoms. The van der Waals surface area contributed by atoms with Crippen LogP contribution >= 0.6 is 0 Å². The molecule has 3 aromatic rings. The van der Waals surface area contributed by atoms with E-state index in [1.54, 1.807) is 18.2 Å². The zero-order valence-corrected chi connectivity index (χ0v) is 11.9. The van der Waals surface area contributed by atoms with Gasteiger partial charge in [-0.1, -0.05) is 36.4 Å². The quantitative estimate of drug-likeness (QED) is 0.744. The molecule has 22 heavy (non-hydrogen) atoms. The second-order valence-corrected chi connectivity index (χ2v) is 4.61. The zero-order valence-electron chi connectivity index (χ0n) is 11.9. The van der Waals surface area contributed by atoms with Crippen molar-refractivity contribution < 1.29 is 14.4 Å². The normalized spacial score (nSPS) is 10.4. The van der Waals surface area contributed by atoms with Crippen LogP contribution in [0.5, 0.6) is 5.75 Å². The van der Waals surface area contributed by atoms with Crippen molar-refractivity contribution in [2.75, 3.05) is 7.11 Å². The minimum atomic E-state index is -0.651. The molecule has 1 aromatic heterocycles. The van der Waals surface area contributed by atoms with Gasteiger partial charge in [0.1, 0.15) is 11.3 Å². The van der Waals surface area contributed by atoms with E-state index in [9.17, 15) is 9.59 Å². The van der Waals surface area contributed by atoms with Gasteiger partial charge in [-0.3, -0.25) is 4.79 Å². The summed E-state index contributed by atoms with van der Waals surface area (Å²) in [7, 11) is 1.48. The molecule has 0 aliphatic carbocycles. The Hall–Kier alpha value is -3.08. The van der Waals surface area contributed by atoms with Gasteiger partial charge in [0.2, 0.25) is 0 Å². The number of hydrogen-bond donors (Lipinski definition) is 0. The van der Waals surface area contributed by atoms with E-state index < -0.39 is 11.5 Å². The van der Waals surface area contributed by atoms with Crippen molar-refractivity contribution in [3.63, 3.8) is 0 Å². The molecule has 5 nitrogen and oxygen atoms in total. The summed E-state index contributed by atoms with van der Waals surface area (Å²) in [5, 5.41) is 1.59. The number of aromatic nitrogens is 1. The lowest BCUT2D eigenvalue weighted by atomic mass is 10.0. The minimum absolute atomic E-state index is 0.288. The van der Waals surface area contributed by atoms with Crippen LogP contribution in [0.2, 0.25) is 0 Å². The van der Waals surface area contributed by atoms with Crippen molar-refractivity contribution in [2.24, 2.45) is 0 Å². The molecule has 1 heterocycles. The number of ether oxygens (including phenoxy) is 1. The maximum atomic E-state index is 12.5. The van der Waals surface area contributed by atoms with Crippen LogP contribution in [0, 0.1) is 0 Å². The maximum absolute atomic E-state index is 12.5. The van der Waals surface area contributed by atoms with Crippen LogP contribution in [-0.4, -0.2) is 17.8 Å². The summed E-state index contributed by atoms with van der Waals surface area (Å²) in [4.78, 5) is 29.3. The largest absolute Gasteiger partial charge is 0.496 e. The molecule has 0 fully saturated rings. The molecule has 0 aliphatic rings. The van der Waals surface area contributed by atoms with Crippen LogP contribution in [0.4, 0.5) is 0 Å². The minimum Gasteiger partial charge on any atom is -0.496 e. The molecule has 0 saturated heterocycles. The van der Waals surface area contributed by atoms with Crippen LogP contribution < -0.4 is 15.1 Å². The number of rotatable bonds is 3. The number of nitrogens with zero attached hydrogens (tertiary/aromatic N) is 1. The lowest BCUT2D eigenvalue weighted by molar-refractivity contribution is 0.0441. The van der Waals surface area contributed by atoms with Crippen molar-refractivity contribution in [3.8, 4) is 5.75 Å². The lowest BCUT2D eigenvalue weighted by Crippen LogP contribution is -2.29. The fourth-order valence-corrected chi connectivity index (χ4v) is 2.26. The molecule has 0 atom stereocenters. The summed E-state index contributed by atoms with van der Waals surface area (Å²) in [6.07, 6.45) is 1.39. The Morgan fingerprint density at radius 3 is 2.55 bits per heavy atom. The van der Waals surface area contributed by atoms with Crippen LogP contribution in [0.25, 0.3) is 10.8 Å². The fourth-order valence-electron chi connectivity index (χ4n) is 2.26. The molecule has 0 N–H and O–H groups in total. The molecule has 0 bridgehead atoms. The highest BCUT2D eigenvalue weighted by atomic mass is 16.7. The maximum Gasteiger partial charge on any atom is 0.368 e. The van der Waals surface area contributed by atoms with E-state index in [0.29, 0.717) is 11.1 Å². The first-order valence-corrected chi connectivity index (χ1v) is 6.67. The molecule has 0 aliphatic heterocycles. The highest BCUT2D eigenvalue weighted by Crippen LogP contribution is 2.28. The zero-order chi connectivity index (χ0) is 15.5. The average molecular weight is 295 g/mol. The number of pyridine rings is 1. The Balaban J connectivity index is 2.10. The average Bonchev–Trinajstić information content (AvgIpc) is 2.55. The molecule has 3 rings (SSSR count). The van der Waals surface area contributed by atoms with Gasteiger partial charge >= 0.3 is 5.97 Å². The van der Waals surface area contributed by atoms with Crippen molar-refractivity contribution in [1.29, 1.82) is 0 Å². The van der Waals surface area contributed by atoms with Crippen LogP contribution in [0.1, 0.15) is 10.4 Å². The van der Waals surface area contributed by atoms with Gasteiger partial charge in [-0.2, -0.15) is 0 Å². The van der Waals surface area contributed by atoms with Crippen LogP contribution in [-0.2, 0) is 0 Å². The standard InChI is InChI=1S/C17H13NO4/c1-21-14-10-9-12-6-2-3-7-13(12)16(14)17(20)22-18-11-5-4-8-15(18)19/h2-11H,1H3. The van der Waals surface area contributed by atoms with Gasteiger partial charge < -0.3 is 9.57 Å². The fraction of sp³-hybridized carbons (Fsp3) is 0.0588. The molecule has 0 radical (unpaired) electrons. The van der Waals surface area contributed by atoms with E-state index in [1.807, 2.05) is 30.3 Å². The summed E-state index contributed by atoms with van der Waals surface area (Å²) in [6.45, 7) is 0. The predicted molar refractivity (Wildman–Crippen MR) is 82.1 cm³/mol. The first-order chi connectivity index (χ1) is 10.7. The summed E-state index contributed by atoms with van der Waals surface area (Å²) in [5.74, 6) is -0.255. The third kappa shape index (κ3) is 2.44. The van der Waals surface area contributed by atoms with E-state index >= 15 is 0 Å². The van der Waals surface area contributed by atoms with Crippen molar-refractivity contribution in [1.82, 2.24) is 4.73 Å². The van der Waals surface area contributed by atoms with Crippen molar-refractivity contribution >= 4 is 16.7 Å². The van der Waals surface area contributed by atoms with Gasteiger partial charge in [0.25, 0.3) is 5.56 Å². The van der Waals surface area contributed by atoms with Gasteiger partial charge in [-0.15, -0.1) is 4.73 Å². The molecule has 0 unspecified atom stereocenters. The molecule has 0 saturated carbocycles. The topological polar surface area (TPSA) is 57.5 Å². The smallest absolute Gasteiger partial charge is 0.368 e. The van der Waals surface area contributed by atoms with E-state index in [1.165, 1.54) is 19.4 Å². The van der Waals surface area contributed by atoms with Crippen molar-refractivity contribution in [2.45, 2.75) is 0 Å². The van der Waals surface area contributed by atoms with Gasteiger partial charge in [-0.25, -0.2) is 4.79 Å². The van der Waals surface area contributed by atoms with E-state index in [2.05, 4.69) is 0 Å². The Morgan fingerprint density at radius 1 is 1.00 bits per heavy atom. The number of carbonyl (C=O) groups is 1. The van der Waals surface area contributed by atoms with E-state index in [0.717, 1.165) is 10.1 Å². The third-order valence-electron chi connectivity index (χ3n) is 3.28. The van der Waals surface area contributed by atoms with Crippen molar-refractivity contribution in [3.05, 3.63) is 76.7 Å². The Bertz CT molecular complexity index is 898. The molecule has 2 aromatic carbocycles. The Labute approximate surface area is 126 Å². The van der Waals surface area contributed by atoms with Gasteiger partial charge in [0, 0.05) is 17.6 Å². The Morgan fingerprint density at radius 2 is 1.77 bits per heavy atom. The van der Waals surface area contributed by atoms with Crippen LogP contribution in [0.3, 0.4) is 0 Å². The lowest BCUT2D eigenvalue weighted by Gasteiger charge is -2.11.